The number of amides is 2. The van der Waals surface area contributed by atoms with E-state index in [0.717, 1.165) is 10.5 Å². The first-order valence-corrected chi connectivity index (χ1v) is 12.4. The van der Waals surface area contributed by atoms with Gasteiger partial charge in [0.2, 0.25) is 11.8 Å². The van der Waals surface area contributed by atoms with Gasteiger partial charge in [0.05, 0.1) is 5.75 Å². The zero-order valence-electron chi connectivity index (χ0n) is 19.6. The Morgan fingerprint density at radius 3 is 2.18 bits per heavy atom. The molecular weight excluding hydrogens is 447 g/mol. The number of halogens is 1. The van der Waals surface area contributed by atoms with Gasteiger partial charge in [-0.15, -0.1) is 11.8 Å². The fourth-order valence-electron chi connectivity index (χ4n) is 3.53. The number of rotatable bonds is 11. The van der Waals surface area contributed by atoms with Crippen LogP contribution in [0.5, 0.6) is 0 Å². The summed E-state index contributed by atoms with van der Waals surface area (Å²) < 4.78 is 14.6. The number of carbonyl (C=O) groups is 2. The largest absolute Gasteiger partial charge is 0.354 e. The highest BCUT2D eigenvalue weighted by Gasteiger charge is 2.31. The molecule has 0 aromatic heterocycles. The van der Waals surface area contributed by atoms with Crippen molar-refractivity contribution in [3.05, 3.63) is 102 Å². The molecule has 4 nitrogen and oxygen atoms in total. The quantitative estimate of drug-likeness (QED) is 0.379. The lowest BCUT2D eigenvalue weighted by atomic mass is 10.0. The lowest BCUT2D eigenvalue weighted by molar-refractivity contribution is -0.139. The monoisotopic (exact) mass is 478 g/mol. The van der Waals surface area contributed by atoms with Crippen LogP contribution in [0.3, 0.4) is 0 Å². The van der Waals surface area contributed by atoms with Crippen molar-refractivity contribution in [2.75, 3.05) is 12.3 Å². The summed E-state index contributed by atoms with van der Waals surface area (Å²) in [6, 6.07) is 24.9. The van der Waals surface area contributed by atoms with Gasteiger partial charge in [-0.05, 0) is 29.7 Å². The van der Waals surface area contributed by atoms with Crippen LogP contribution in [0.4, 0.5) is 4.39 Å². The number of nitrogens with zero attached hydrogens (tertiary/aromatic N) is 1. The first kappa shape index (κ1) is 25.5. The predicted octanol–water partition coefficient (Wildman–Crippen LogP) is 5.33. The third kappa shape index (κ3) is 7.73. The second-order valence-electron chi connectivity index (χ2n) is 8.56. The maximum Gasteiger partial charge on any atom is 0.243 e. The Morgan fingerprint density at radius 2 is 1.53 bits per heavy atom. The average Bonchev–Trinajstić information content (AvgIpc) is 2.85. The molecule has 0 heterocycles. The molecule has 0 spiro atoms. The van der Waals surface area contributed by atoms with Gasteiger partial charge in [-0.1, -0.05) is 80.6 Å². The fraction of sp³-hybridized carbons (Fsp3) is 0.286. The van der Waals surface area contributed by atoms with Crippen molar-refractivity contribution in [3.8, 4) is 0 Å². The topological polar surface area (TPSA) is 49.4 Å². The number of hydrogen-bond donors (Lipinski definition) is 1. The van der Waals surface area contributed by atoms with Gasteiger partial charge in [0.1, 0.15) is 11.9 Å². The molecule has 0 saturated heterocycles. The number of carbonyl (C=O) groups excluding carboxylic acids is 2. The van der Waals surface area contributed by atoms with E-state index in [4.69, 9.17) is 0 Å². The van der Waals surface area contributed by atoms with Crippen LogP contribution in [0.1, 0.15) is 25.0 Å². The van der Waals surface area contributed by atoms with E-state index in [-0.39, 0.29) is 30.0 Å². The Balaban J connectivity index is 1.90. The molecule has 1 N–H and O–H groups in total. The van der Waals surface area contributed by atoms with E-state index < -0.39 is 11.9 Å². The summed E-state index contributed by atoms with van der Waals surface area (Å²) in [6.45, 7) is 4.56. The van der Waals surface area contributed by atoms with E-state index in [1.165, 1.54) is 22.7 Å². The second-order valence-corrected chi connectivity index (χ2v) is 9.61. The molecule has 3 aromatic rings. The molecule has 0 aliphatic rings. The highest BCUT2D eigenvalue weighted by molar-refractivity contribution is 8.00. The van der Waals surface area contributed by atoms with E-state index >= 15 is 0 Å². The minimum absolute atomic E-state index is 0.0213. The van der Waals surface area contributed by atoms with Crippen LogP contribution in [-0.4, -0.2) is 35.1 Å². The van der Waals surface area contributed by atoms with Gasteiger partial charge in [-0.25, -0.2) is 4.39 Å². The normalized spacial score (nSPS) is 11.8. The minimum Gasteiger partial charge on any atom is -0.354 e. The molecule has 34 heavy (non-hydrogen) atoms. The van der Waals surface area contributed by atoms with Crippen molar-refractivity contribution < 1.29 is 14.0 Å². The molecule has 3 aromatic carbocycles. The summed E-state index contributed by atoms with van der Waals surface area (Å²) in [7, 11) is 0. The standard InChI is InChI=1S/C28H31FN2O2S/c1-21(2)18-30-28(33)26(17-22-11-5-3-6-12-22)31(19-23-13-9-10-16-25(23)29)27(32)20-34-24-14-7-4-8-15-24/h3-16,21,26H,17-20H2,1-2H3,(H,30,33)/t26-/m1/s1. The van der Waals surface area contributed by atoms with Crippen LogP contribution in [0.15, 0.2) is 89.8 Å². The molecule has 0 bridgehead atoms. The number of thioether (sulfide) groups is 1. The zero-order chi connectivity index (χ0) is 24.3. The SMILES string of the molecule is CC(C)CNC(=O)[C@@H](Cc1ccccc1)N(Cc1ccccc1F)C(=O)CSc1ccccc1. The lowest BCUT2D eigenvalue weighted by Gasteiger charge is -2.32. The maximum atomic E-state index is 14.6. The van der Waals surface area contributed by atoms with Crippen molar-refractivity contribution in [3.63, 3.8) is 0 Å². The molecule has 0 unspecified atom stereocenters. The van der Waals surface area contributed by atoms with Gasteiger partial charge >= 0.3 is 0 Å². The Hall–Kier alpha value is -3.12. The Labute approximate surface area is 205 Å². The molecule has 0 saturated carbocycles. The average molecular weight is 479 g/mol. The van der Waals surface area contributed by atoms with Crippen LogP contribution in [0.2, 0.25) is 0 Å². The Kier molecular flexibility index (Phi) is 9.71. The van der Waals surface area contributed by atoms with Gasteiger partial charge in [0.25, 0.3) is 0 Å². The number of benzene rings is 3. The van der Waals surface area contributed by atoms with Gasteiger partial charge in [0, 0.05) is 30.0 Å². The minimum atomic E-state index is -0.760. The third-order valence-electron chi connectivity index (χ3n) is 5.36. The maximum absolute atomic E-state index is 14.6. The van der Waals surface area contributed by atoms with Gasteiger partial charge in [-0.2, -0.15) is 0 Å². The summed E-state index contributed by atoms with van der Waals surface area (Å²) >= 11 is 1.41. The Bertz CT molecular complexity index is 1060. The first-order chi connectivity index (χ1) is 16.4. The smallest absolute Gasteiger partial charge is 0.243 e. The number of nitrogens with one attached hydrogen (secondary N) is 1. The summed E-state index contributed by atoms with van der Waals surface area (Å²) in [5, 5.41) is 2.98. The van der Waals surface area contributed by atoms with E-state index in [1.807, 2.05) is 74.5 Å². The van der Waals surface area contributed by atoms with E-state index in [0.29, 0.717) is 18.5 Å². The molecule has 1 atom stereocenters. The second kappa shape index (κ2) is 12.9. The van der Waals surface area contributed by atoms with E-state index in [1.54, 1.807) is 18.2 Å². The summed E-state index contributed by atoms with van der Waals surface area (Å²) in [5.41, 5.74) is 1.32. The van der Waals surface area contributed by atoms with Gasteiger partial charge in [-0.3, -0.25) is 9.59 Å². The van der Waals surface area contributed by atoms with Crippen molar-refractivity contribution >= 4 is 23.6 Å². The number of hydrogen-bond acceptors (Lipinski definition) is 3. The molecule has 3 rings (SSSR count). The first-order valence-electron chi connectivity index (χ1n) is 11.5. The van der Waals surface area contributed by atoms with Crippen molar-refractivity contribution in [1.82, 2.24) is 10.2 Å². The molecule has 2 amide bonds. The molecule has 178 valence electrons. The zero-order valence-corrected chi connectivity index (χ0v) is 20.4. The van der Waals surface area contributed by atoms with Gasteiger partial charge in [0.15, 0.2) is 0 Å². The van der Waals surface area contributed by atoms with Crippen molar-refractivity contribution in [1.29, 1.82) is 0 Å². The molecule has 6 heteroatoms. The fourth-order valence-corrected chi connectivity index (χ4v) is 4.34. The Morgan fingerprint density at radius 1 is 0.912 bits per heavy atom. The van der Waals surface area contributed by atoms with Gasteiger partial charge < -0.3 is 10.2 Å². The molecule has 0 fully saturated rings. The lowest BCUT2D eigenvalue weighted by Crippen LogP contribution is -2.51. The van der Waals surface area contributed by atoms with Crippen molar-refractivity contribution in [2.45, 2.75) is 37.8 Å². The van der Waals surface area contributed by atoms with Crippen LogP contribution in [0.25, 0.3) is 0 Å². The summed E-state index contributed by atoms with van der Waals surface area (Å²) in [4.78, 5) is 29.3. The third-order valence-corrected chi connectivity index (χ3v) is 6.36. The van der Waals surface area contributed by atoms with E-state index in [2.05, 4.69) is 5.32 Å². The predicted molar refractivity (Wildman–Crippen MR) is 136 cm³/mol. The molecule has 0 radical (unpaired) electrons. The van der Waals surface area contributed by atoms with Crippen LogP contribution in [0, 0.1) is 11.7 Å². The summed E-state index contributed by atoms with van der Waals surface area (Å²) in [6.07, 6.45) is 0.348. The van der Waals surface area contributed by atoms with Crippen LogP contribution >= 0.6 is 11.8 Å². The highest BCUT2D eigenvalue weighted by atomic mass is 32.2. The van der Waals surface area contributed by atoms with Crippen LogP contribution < -0.4 is 5.32 Å². The highest BCUT2D eigenvalue weighted by Crippen LogP contribution is 2.21. The van der Waals surface area contributed by atoms with Crippen LogP contribution in [-0.2, 0) is 22.6 Å². The molecular formula is C28H31FN2O2S. The molecule has 0 aliphatic carbocycles. The summed E-state index contributed by atoms with van der Waals surface area (Å²) in [5.74, 6) is -0.409. The molecule has 0 aliphatic heterocycles. The van der Waals surface area contributed by atoms with Crippen molar-refractivity contribution in [2.24, 2.45) is 5.92 Å². The van der Waals surface area contributed by atoms with E-state index in [9.17, 15) is 14.0 Å².